The summed E-state index contributed by atoms with van der Waals surface area (Å²) in [6.45, 7) is 2.27. The van der Waals surface area contributed by atoms with Crippen molar-refractivity contribution in [3.8, 4) is 5.88 Å². The quantitative estimate of drug-likeness (QED) is 0.378. The van der Waals surface area contributed by atoms with E-state index >= 15 is 0 Å². The summed E-state index contributed by atoms with van der Waals surface area (Å²) in [5, 5.41) is 10.5. The molecular weight excluding hydrogens is 422 g/mol. The lowest BCUT2D eigenvalue weighted by Crippen LogP contribution is -2.29. The Morgan fingerprint density at radius 3 is 2.52 bits per heavy atom. The zero-order chi connectivity index (χ0) is 23.5. The number of carbonyl (C=O) groups excluding carboxylic acids is 1. The number of aromatic nitrogens is 2. The normalized spacial score (nSPS) is 11.6. The van der Waals surface area contributed by atoms with Crippen LogP contribution in [0.25, 0.3) is 0 Å². The highest BCUT2D eigenvalue weighted by Crippen LogP contribution is 2.15. The fourth-order valence-electron chi connectivity index (χ4n) is 2.87. The lowest BCUT2D eigenvalue weighted by Gasteiger charge is -2.12. The van der Waals surface area contributed by atoms with Crippen LogP contribution < -0.4 is 10.1 Å². The average molecular weight is 447 g/mol. The Balaban J connectivity index is 1.70. The van der Waals surface area contributed by atoms with Crippen LogP contribution in [-0.4, -0.2) is 41.5 Å². The number of nitrogens with zero attached hydrogens (tertiary/aromatic N) is 4. The van der Waals surface area contributed by atoms with Gasteiger partial charge in [-0.15, -0.1) is 0 Å². The number of hydrogen-bond donors (Lipinski definition) is 1. The molecule has 0 radical (unpaired) electrons. The van der Waals surface area contributed by atoms with Crippen LogP contribution in [0.4, 0.5) is 0 Å². The van der Waals surface area contributed by atoms with Gasteiger partial charge in [-0.05, 0) is 18.1 Å². The number of nitrogens with one attached hydrogen (secondary N) is 1. The molecule has 3 aromatic rings. The summed E-state index contributed by atoms with van der Waals surface area (Å²) in [6, 6.07) is 18.7. The first-order valence-corrected chi connectivity index (χ1v) is 10.2. The van der Waals surface area contributed by atoms with E-state index in [9.17, 15) is 4.79 Å². The predicted molar refractivity (Wildman–Crippen MR) is 124 cm³/mol. The molecule has 170 valence electrons. The Bertz CT molecular complexity index is 1130. The van der Waals surface area contributed by atoms with E-state index in [0.29, 0.717) is 29.6 Å². The first-order valence-electron chi connectivity index (χ1n) is 10.2. The molecule has 0 unspecified atom stereocenters. The van der Waals surface area contributed by atoms with Crippen LogP contribution in [0.15, 0.2) is 77.2 Å². The number of oxime groups is 2. The second-order valence-electron chi connectivity index (χ2n) is 6.80. The number of hydrogen-bond acceptors (Lipinski definition) is 8. The molecule has 1 aromatic heterocycles. The van der Waals surface area contributed by atoms with Crippen molar-refractivity contribution < 1.29 is 19.2 Å². The van der Waals surface area contributed by atoms with E-state index < -0.39 is 0 Å². The lowest BCUT2D eigenvalue weighted by molar-refractivity contribution is -0.114. The van der Waals surface area contributed by atoms with Gasteiger partial charge in [-0.3, -0.25) is 4.79 Å². The minimum absolute atomic E-state index is 0.154. The van der Waals surface area contributed by atoms with Crippen molar-refractivity contribution in [2.45, 2.75) is 20.1 Å². The van der Waals surface area contributed by atoms with Crippen LogP contribution in [0.1, 0.15) is 29.4 Å². The minimum Gasteiger partial charge on any atom is -0.473 e. The van der Waals surface area contributed by atoms with Gasteiger partial charge >= 0.3 is 0 Å². The molecule has 2 aromatic carbocycles. The van der Waals surface area contributed by atoms with Crippen LogP contribution >= 0.6 is 0 Å². The molecule has 33 heavy (non-hydrogen) atoms. The highest BCUT2D eigenvalue weighted by atomic mass is 16.6. The van der Waals surface area contributed by atoms with Crippen molar-refractivity contribution in [3.63, 3.8) is 0 Å². The van der Waals surface area contributed by atoms with E-state index in [-0.39, 0.29) is 18.2 Å². The third-order valence-corrected chi connectivity index (χ3v) is 4.50. The predicted octanol–water partition coefficient (Wildman–Crippen LogP) is 3.09. The summed E-state index contributed by atoms with van der Waals surface area (Å²) in [5.74, 6) is 0.384. The molecule has 0 atom stereocenters. The van der Waals surface area contributed by atoms with Gasteiger partial charge in [0.15, 0.2) is 11.5 Å². The molecule has 1 amide bonds. The van der Waals surface area contributed by atoms with Crippen molar-refractivity contribution in [1.29, 1.82) is 0 Å². The van der Waals surface area contributed by atoms with Crippen molar-refractivity contribution >= 4 is 17.3 Å². The maximum absolute atomic E-state index is 12.2. The molecule has 1 heterocycles. The van der Waals surface area contributed by atoms with Crippen molar-refractivity contribution in [2.24, 2.45) is 10.3 Å². The van der Waals surface area contributed by atoms with Gasteiger partial charge in [0.05, 0.1) is 0 Å². The van der Waals surface area contributed by atoms with E-state index in [1.807, 2.05) is 48.5 Å². The van der Waals surface area contributed by atoms with Crippen LogP contribution in [0.5, 0.6) is 5.88 Å². The van der Waals surface area contributed by atoms with Gasteiger partial charge in [0.25, 0.3) is 5.91 Å². The van der Waals surface area contributed by atoms with Gasteiger partial charge < -0.3 is 19.7 Å². The van der Waals surface area contributed by atoms with Gasteiger partial charge in [-0.25, -0.2) is 4.98 Å². The summed E-state index contributed by atoms with van der Waals surface area (Å²) in [6.07, 6.45) is 1.59. The summed E-state index contributed by atoms with van der Waals surface area (Å²) >= 11 is 0. The fraction of sp³-hybridized carbons (Fsp3) is 0.208. The van der Waals surface area contributed by atoms with Crippen LogP contribution in [0.2, 0.25) is 0 Å². The largest absolute Gasteiger partial charge is 0.473 e. The molecule has 0 aliphatic carbocycles. The lowest BCUT2D eigenvalue weighted by atomic mass is 10.0. The molecule has 0 saturated heterocycles. The van der Waals surface area contributed by atoms with E-state index in [1.165, 1.54) is 14.2 Å². The molecule has 0 aliphatic heterocycles. The van der Waals surface area contributed by atoms with E-state index in [1.54, 1.807) is 25.3 Å². The highest BCUT2D eigenvalue weighted by molar-refractivity contribution is 6.45. The second-order valence-corrected chi connectivity index (χ2v) is 6.80. The van der Waals surface area contributed by atoms with Gasteiger partial charge in [-0.2, -0.15) is 4.98 Å². The SMILES string of the molecule is CNC(=O)C(=NOC)c1ccccc1COc1ccnc(C(C)=NOCc2ccccc2)n1. The third kappa shape index (κ3) is 6.60. The molecule has 0 spiro atoms. The summed E-state index contributed by atoms with van der Waals surface area (Å²) in [5.41, 5.74) is 3.03. The molecule has 9 heteroatoms. The number of likely N-dealkylation sites (N-methyl/N-ethyl adjacent to an activating group) is 1. The van der Waals surface area contributed by atoms with Gasteiger partial charge in [-0.1, -0.05) is 64.9 Å². The second kappa shape index (κ2) is 11.9. The van der Waals surface area contributed by atoms with Crippen LogP contribution in [0.3, 0.4) is 0 Å². The van der Waals surface area contributed by atoms with Crippen molar-refractivity contribution in [1.82, 2.24) is 15.3 Å². The van der Waals surface area contributed by atoms with E-state index in [0.717, 1.165) is 11.1 Å². The Morgan fingerprint density at radius 2 is 1.76 bits per heavy atom. The molecule has 3 rings (SSSR count). The zero-order valence-electron chi connectivity index (χ0n) is 18.7. The van der Waals surface area contributed by atoms with Gasteiger partial charge in [0.2, 0.25) is 5.88 Å². The fourth-order valence-corrected chi connectivity index (χ4v) is 2.87. The minimum atomic E-state index is -0.365. The maximum Gasteiger partial charge on any atom is 0.273 e. The van der Waals surface area contributed by atoms with E-state index in [4.69, 9.17) is 14.4 Å². The topological polar surface area (TPSA) is 107 Å². The van der Waals surface area contributed by atoms with Crippen LogP contribution in [0, 0.1) is 0 Å². The van der Waals surface area contributed by atoms with Gasteiger partial charge in [0, 0.05) is 24.9 Å². The summed E-state index contributed by atoms with van der Waals surface area (Å²) in [4.78, 5) is 31.1. The Hall–Kier alpha value is -4.27. The summed E-state index contributed by atoms with van der Waals surface area (Å²) in [7, 11) is 2.92. The number of benzene rings is 2. The zero-order valence-corrected chi connectivity index (χ0v) is 18.7. The third-order valence-electron chi connectivity index (χ3n) is 4.50. The molecule has 0 saturated carbocycles. The first-order chi connectivity index (χ1) is 16.1. The Morgan fingerprint density at radius 1 is 1.00 bits per heavy atom. The first kappa shape index (κ1) is 23.4. The molecule has 0 fully saturated rings. The van der Waals surface area contributed by atoms with Gasteiger partial charge in [0.1, 0.15) is 26.0 Å². The van der Waals surface area contributed by atoms with Crippen molar-refractivity contribution in [2.75, 3.05) is 14.2 Å². The number of amides is 1. The molecule has 0 aliphatic rings. The molecule has 0 bridgehead atoms. The van der Waals surface area contributed by atoms with E-state index in [2.05, 4.69) is 25.6 Å². The Kier molecular flexibility index (Phi) is 8.47. The number of rotatable bonds is 10. The summed E-state index contributed by atoms with van der Waals surface area (Å²) < 4.78 is 5.86. The molecule has 9 nitrogen and oxygen atoms in total. The average Bonchev–Trinajstić information content (AvgIpc) is 2.86. The standard InChI is InChI=1S/C24H25N5O4/c1-17(28-33-15-18-9-5-4-6-10-18)23-26-14-13-21(27-23)32-16-19-11-7-8-12-20(19)22(29-31-3)24(30)25-2/h4-14H,15-16H2,1-3H3,(H,25,30). The smallest absolute Gasteiger partial charge is 0.273 e. The Labute approximate surface area is 192 Å². The highest BCUT2D eigenvalue weighted by Gasteiger charge is 2.17. The maximum atomic E-state index is 12.2. The number of ether oxygens (including phenoxy) is 1. The van der Waals surface area contributed by atoms with Crippen molar-refractivity contribution in [3.05, 3.63) is 89.4 Å². The molecular formula is C24H25N5O4. The monoisotopic (exact) mass is 447 g/mol. The van der Waals surface area contributed by atoms with Crippen LogP contribution in [-0.2, 0) is 27.7 Å². The molecule has 1 N–H and O–H groups in total. The number of carbonyl (C=O) groups is 1.